The van der Waals surface area contributed by atoms with Crippen molar-refractivity contribution < 1.29 is 38.1 Å². The molecule has 0 spiro atoms. The molecule has 2 aromatic heterocycles. The van der Waals surface area contributed by atoms with Crippen LogP contribution in [0.4, 0.5) is 0 Å². The lowest BCUT2D eigenvalue weighted by molar-refractivity contribution is -0.130. The normalized spacial score (nSPS) is 8.67. The molecule has 0 aliphatic rings. The third kappa shape index (κ3) is 32.0. The average Bonchev–Trinajstić information content (AvgIpc) is 3.22. The molecule has 0 amide bonds. The molecule has 0 N–H and O–H groups in total. The lowest BCUT2D eigenvalue weighted by Crippen LogP contribution is -1.93. The predicted octanol–water partition coefficient (Wildman–Crippen LogP) is 10.1. The van der Waals surface area contributed by atoms with Gasteiger partial charge in [0, 0.05) is 18.0 Å². The van der Waals surface area contributed by atoms with Crippen LogP contribution in [0.2, 0.25) is 0 Å². The van der Waals surface area contributed by atoms with Crippen LogP contribution in [0.15, 0.2) is 91.5 Å². The van der Waals surface area contributed by atoms with Crippen LogP contribution in [-0.4, -0.2) is 40.8 Å². The molecular weight excluding hydrogens is 686 g/mol. The minimum absolute atomic E-state index is 0.231. The number of hydrogen-bond donors (Lipinski definition) is 0. The zero-order chi connectivity index (χ0) is 41.8. The van der Waals surface area contributed by atoms with E-state index in [4.69, 9.17) is 0 Å². The van der Waals surface area contributed by atoms with Crippen LogP contribution < -0.4 is 9.47 Å². The number of aryl methyl sites for hydroxylation is 3. The lowest BCUT2D eigenvalue weighted by Gasteiger charge is -2.00. The molecule has 0 saturated heterocycles. The summed E-state index contributed by atoms with van der Waals surface area (Å²) in [6.45, 7) is 25.6. The average molecular weight is 748 g/mol. The number of benzene rings is 2. The second-order valence-corrected chi connectivity index (χ2v) is 8.82. The second-order valence-electron chi connectivity index (χ2n) is 8.82. The molecule has 0 unspecified atom stereocenters. The van der Waals surface area contributed by atoms with E-state index in [1.54, 1.807) is 31.3 Å². The highest BCUT2D eigenvalue weighted by atomic mass is 16.5. The minimum atomic E-state index is 0.231. The van der Waals surface area contributed by atoms with E-state index in [1.807, 2.05) is 136 Å². The first-order valence-electron chi connectivity index (χ1n) is 17.9. The van der Waals surface area contributed by atoms with Gasteiger partial charge in [0.1, 0.15) is 6.61 Å². The van der Waals surface area contributed by atoms with Gasteiger partial charge in [-0.15, -0.1) is 0 Å². The predicted molar refractivity (Wildman–Crippen MR) is 219 cm³/mol. The Morgan fingerprint density at radius 1 is 0.574 bits per heavy atom. The number of rotatable bonds is 12. The van der Waals surface area contributed by atoms with E-state index in [-0.39, 0.29) is 5.88 Å². The van der Waals surface area contributed by atoms with Gasteiger partial charge in [-0.1, -0.05) is 129 Å². The molecule has 0 saturated carbocycles. The summed E-state index contributed by atoms with van der Waals surface area (Å²) >= 11 is 0. The van der Waals surface area contributed by atoms with Gasteiger partial charge in [-0.25, -0.2) is 9.97 Å². The molecule has 11 nitrogen and oxygen atoms in total. The number of nitrogens with zero attached hydrogens (tertiary/aromatic N) is 3. The number of aromatic nitrogens is 3. The molecule has 0 fully saturated rings. The zero-order valence-corrected chi connectivity index (χ0v) is 34.1. The Morgan fingerprint density at radius 3 is 1.56 bits per heavy atom. The van der Waals surface area contributed by atoms with Crippen LogP contribution >= 0.6 is 0 Å². The van der Waals surface area contributed by atoms with E-state index in [1.165, 1.54) is 18.0 Å². The van der Waals surface area contributed by atoms with Crippen LogP contribution in [0.25, 0.3) is 12.2 Å². The first-order valence-corrected chi connectivity index (χ1v) is 17.9. The van der Waals surface area contributed by atoms with Gasteiger partial charge in [0.05, 0.1) is 18.2 Å². The fraction of sp³-hybridized carbons (Fsp3) is 0.326. The smallest absolute Gasteiger partial charge is 0.299 e. The van der Waals surface area contributed by atoms with Gasteiger partial charge < -0.3 is 18.9 Å². The highest BCUT2D eigenvalue weighted by Gasteiger charge is 1.94. The van der Waals surface area contributed by atoms with Crippen LogP contribution in [-0.2, 0) is 41.7 Å². The van der Waals surface area contributed by atoms with Crippen molar-refractivity contribution in [3.63, 3.8) is 0 Å². The number of carbonyl (C=O) groups excluding carboxylic acids is 4. The fourth-order valence-corrected chi connectivity index (χ4v) is 3.24. The summed E-state index contributed by atoms with van der Waals surface area (Å²) in [6, 6.07) is 21.2. The topological polar surface area (TPSA) is 144 Å². The summed E-state index contributed by atoms with van der Waals surface area (Å²) in [5.74, 6) is 0.574. The molecule has 0 atom stereocenters. The summed E-state index contributed by atoms with van der Waals surface area (Å²) in [6.07, 6.45) is 11.1. The van der Waals surface area contributed by atoms with Crippen molar-refractivity contribution in [3.05, 3.63) is 125 Å². The van der Waals surface area contributed by atoms with Gasteiger partial charge in [0.25, 0.3) is 25.9 Å². The summed E-state index contributed by atoms with van der Waals surface area (Å²) in [7, 11) is 0. The Bertz CT molecular complexity index is 1460. The summed E-state index contributed by atoms with van der Waals surface area (Å²) in [5.41, 5.74) is 6.03. The molecule has 0 radical (unpaired) electrons. The van der Waals surface area contributed by atoms with Crippen LogP contribution in [0.1, 0.15) is 103 Å². The molecule has 0 aliphatic heterocycles. The van der Waals surface area contributed by atoms with Gasteiger partial charge in [-0.3, -0.25) is 24.2 Å². The van der Waals surface area contributed by atoms with Gasteiger partial charge in [-0.05, 0) is 61.6 Å². The number of ether oxygens (including phenoxy) is 4. The van der Waals surface area contributed by atoms with Gasteiger partial charge in [0.2, 0.25) is 11.8 Å². The van der Waals surface area contributed by atoms with Crippen LogP contribution in [0.5, 0.6) is 11.8 Å². The second kappa shape index (κ2) is 43.2. The maximum atomic E-state index is 9.88. The number of hydrogen-bond acceptors (Lipinski definition) is 11. The van der Waals surface area contributed by atoms with Gasteiger partial charge in [0.15, 0.2) is 0 Å². The van der Waals surface area contributed by atoms with Gasteiger partial charge in [-0.2, -0.15) is 0 Å². The molecular formula is C43H61N3O8. The Labute approximate surface area is 323 Å². The van der Waals surface area contributed by atoms with Crippen molar-refractivity contribution in [1.82, 2.24) is 15.0 Å². The van der Waals surface area contributed by atoms with E-state index in [0.717, 1.165) is 34.5 Å². The summed E-state index contributed by atoms with van der Waals surface area (Å²) < 4.78 is 18.0. The standard InChI is InChI=1S/C12H12O2.C10H12O2.C7H7NO2.C6H6N2O2.4C2H6/c1-2-3-11-4-6-12(7-5-11)8-9-14-10-13;1-2-9-3-5-10(6-4-9)7-12-8-11;1-6-3-2-4-7(8-6)10-5-9;1-5-2-7-3-6(8-5)10-4-9;4*1-2/h2-10H,1H3;3-6,8H,2,7H2,1H3;2-5H,1H3;2-4H,1H3;4*1-2H3/b3-2+,9-8+;;;;;;;. The van der Waals surface area contributed by atoms with E-state index in [9.17, 15) is 19.2 Å². The molecule has 2 aromatic carbocycles. The number of pyridine rings is 1. The van der Waals surface area contributed by atoms with Crippen LogP contribution in [0.3, 0.4) is 0 Å². The molecule has 4 aromatic rings. The lowest BCUT2D eigenvalue weighted by atomic mass is 10.1. The molecule has 296 valence electrons. The quantitative estimate of drug-likeness (QED) is 0.101. The third-order valence-electron chi connectivity index (χ3n) is 5.37. The molecule has 11 heteroatoms. The molecule has 0 aliphatic carbocycles. The summed E-state index contributed by atoms with van der Waals surface area (Å²) in [5, 5.41) is 0. The van der Waals surface area contributed by atoms with Crippen molar-refractivity contribution >= 4 is 38.0 Å². The number of carbonyl (C=O) groups is 4. The monoisotopic (exact) mass is 747 g/mol. The third-order valence-corrected chi connectivity index (χ3v) is 5.37. The Balaban J connectivity index is -0.000000292. The Morgan fingerprint density at radius 2 is 1.09 bits per heavy atom. The maximum absolute atomic E-state index is 9.88. The molecule has 0 bridgehead atoms. The SMILES string of the molecule is C/C=C/c1ccc(/C=C/OC=O)cc1.CC.CC.CC.CC.CCc1ccc(COC=O)cc1.Cc1cccc(OC=O)n1.Cc1cncc(OC=O)n1. The van der Waals surface area contributed by atoms with Crippen molar-refractivity contribution in [1.29, 1.82) is 0 Å². The summed E-state index contributed by atoms with van der Waals surface area (Å²) in [4.78, 5) is 50.9. The molecule has 2 heterocycles. The largest absolute Gasteiger partial charge is 0.463 e. The Hall–Kier alpha value is -5.97. The number of allylic oxidation sites excluding steroid dienone is 1. The maximum Gasteiger partial charge on any atom is 0.299 e. The first kappa shape index (κ1) is 54.8. The Kier molecular flexibility index (Phi) is 43.8. The fourth-order valence-electron chi connectivity index (χ4n) is 3.24. The zero-order valence-electron chi connectivity index (χ0n) is 34.1. The van der Waals surface area contributed by atoms with Crippen molar-refractivity contribution in [2.75, 3.05) is 0 Å². The van der Waals surface area contributed by atoms with Crippen molar-refractivity contribution in [3.8, 4) is 11.8 Å². The highest BCUT2D eigenvalue weighted by Crippen LogP contribution is 2.08. The van der Waals surface area contributed by atoms with Gasteiger partial charge >= 0.3 is 0 Å². The van der Waals surface area contributed by atoms with E-state index in [2.05, 4.69) is 40.8 Å². The van der Waals surface area contributed by atoms with Crippen molar-refractivity contribution in [2.45, 2.75) is 96.1 Å². The van der Waals surface area contributed by atoms with Crippen molar-refractivity contribution in [2.24, 2.45) is 0 Å². The van der Waals surface area contributed by atoms with E-state index in [0.29, 0.717) is 38.4 Å². The highest BCUT2D eigenvalue weighted by molar-refractivity contribution is 5.55. The van der Waals surface area contributed by atoms with Crippen LogP contribution in [0, 0.1) is 13.8 Å². The first-order chi connectivity index (χ1) is 26.4. The minimum Gasteiger partial charge on any atom is -0.463 e. The molecule has 54 heavy (non-hydrogen) atoms. The van der Waals surface area contributed by atoms with E-state index < -0.39 is 0 Å². The van der Waals surface area contributed by atoms with E-state index >= 15 is 0 Å². The molecule has 4 rings (SSSR count).